The molecule has 1 aromatic heterocycles. The lowest BCUT2D eigenvalue weighted by Crippen LogP contribution is -2.14. The van der Waals surface area contributed by atoms with Gasteiger partial charge in [0, 0.05) is 22.0 Å². The first kappa shape index (κ1) is 14.3. The van der Waals surface area contributed by atoms with Gasteiger partial charge in [0.05, 0.1) is 18.5 Å². The predicted molar refractivity (Wildman–Crippen MR) is 79.7 cm³/mol. The summed E-state index contributed by atoms with van der Waals surface area (Å²) < 4.78 is 25.6. The molecule has 0 radical (unpaired) electrons. The summed E-state index contributed by atoms with van der Waals surface area (Å²) in [6.45, 7) is 2.05. The molecule has 0 saturated carbocycles. The number of halogens is 1. The molecule has 4 nitrogen and oxygen atoms in total. The second kappa shape index (κ2) is 5.88. The van der Waals surface area contributed by atoms with E-state index in [-0.39, 0.29) is 11.5 Å². The van der Waals surface area contributed by atoms with Crippen molar-refractivity contribution in [2.24, 2.45) is 0 Å². The van der Waals surface area contributed by atoms with Crippen LogP contribution in [-0.2, 0) is 16.4 Å². The summed E-state index contributed by atoms with van der Waals surface area (Å²) in [7, 11) is -2.95. The van der Waals surface area contributed by atoms with Gasteiger partial charge < -0.3 is 0 Å². The Balaban J connectivity index is 2.14. The summed E-state index contributed by atoms with van der Waals surface area (Å²) in [5, 5.41) is 4.20. The maximum absolute atomic E-state index is 11.5. The Kier molecular flexibility index (Phi) is 4.42. The maximum atomic E-state index is 11.5. The van der Waals surface area contributed by atoms with Gasteiger partial charge in [0.2, 0.25) is 0 Å². The fourth-order valence-corrected chi connectivity index (χ4v) is 2.96. The summed E-state index contributed by atoms with van der Waals surface area (Å²) in [6.07, 6.45) is 3.62. The van der Waals surface area contributed by atoms with Crippen LogP contribution in [0.5, 0.6) is 0 Å². The minimum Gasteiger partial charge on any atom is -0.271 e. The lowest BCUT2D eigenvalue weighted by molar-refractivity contribution is 0.582. The molecule has 0 aliphatic carbocycles. The minimum absolute atomic E-state index is 0.126. The molecule has 0 atom stereocenters. The Morgan fingerprint density at radius 2 is 2.05 bits per heavy atom. The van der Waals surface area contributed by atoms with Gasteiger partial charge in [-0.2, -0.15) is 5.10 Å². The van der Waals surface area contributed by atoms with Gasteiger partial charge >= 0.3 is 0 Å². The van der Waals surface area contributed by atoms with E-state index in [0.717, 1.165) is 15.6 Å². The smallest absolute Gasteiger partial charge is 0.151 e. The standard InChI is InChI=1S/C13H15BrN2O2S/c1-2-19(17,18)8-7-16-10-11(9-15-16)12-5-3-4-6-13(12)14/h3-6,9-10H,2,7-8H2,1H3. The average Bonchev–Trinajstić information content (AvgIpc) is 2.86. The Morgan fingerprint density at radius 1 is 1.32 bits per heavy atom. The van der Waals surface area contributed by atoms with Crippen molar-refractivity contribution in [3.63, 3.8) is 0 Å². The number of benzene rings is 1. The monoisotopic (exact) mass is 342 g/mol. The van der Waals surface area contributed by atoms with Crippen LogP contribution < -0.4 is 0 Å². The van der Waals surface area contributed by atoms with Crippen molar-refractivity contribution in [2.45, 2.75) is 13.5 Å². The van der Waals surface area contributed by atoms with Crippen LogP contribution in [0.3, 0.4) is 0 Å². The van der Waals surface area contributed by atoms with Gasteiger partial charge in [0.15, 0.2) is 9.84 Å². The van der Waals surface area contributed by atoms with E-state index >= 15 is 0 Å². The normalized spacial score (nSPS) is 11.7. The van der Waals surface area contributed by atoms with E-state index in [2.05, 4.69) is 21.0 Å². The summed E-state index contributed by atoms with van der Waals surface area (Å²) in [5.41, 5.74) is 2.02. The van der Waals surface area contributed by atoms with Gasteiger partial charge in [0.25, 0.3) is 0 Å². The zero-order chi connectivity index (χ0) is 13.9. The lowest BCUT2D eigenvalue weighted by Gasteiger charge is -2.02. The average molecular weight is 343 g/mol. The molecule has 2 aromatic rings. The van der Waals surface area contributed by atoms with Crippen molar-refractivity contribution in [2.75, 3.05) is 11.5 Å². The van der Waals surface area contributed by atoms with Gasteiger partial charge in [-0.25, -0.2) is 8.42 Å². The highest BCUT2D eigenvalue weighted by atomic mass is 79.9. The van der Waals surface area contributed by atoms with Crippen LogP contribution in [0.15, 0.2) is 41.1 Å². The van der Waals surface area contributed by atoms with Crippen LogP contribution in [0.4, 0.5) is 0 Å². The van der Waals surface area contributed by atoms with E-state index < -0.39 is 9.84 Å². The topological polar surface area (TPSA) is 52.0 Å². The number of nitrogens with zero attached hydrogens (tertiary/aromatic N) is 2. The third-order valence-corrected chi connectivity index (χ3v) is 5.27. The summed E-state index contributed by atoms with van der Waals surface area (Å²) in [6, 6.07) is 7.87. The van der Waals surface area contributed by atoms with Crippen LogP contribution in [0.2, 0.25) is 0 Å². The summed E-state index contributed by atoms with van der Waals surface area (Å²) >= 11 is 3.49. The Morgan fingerprint density at radius 3 is 2.74 bits per heavy atom. The van der Waals surface area contributed by atoms with Crippen molar-refractivity contribution >= 4 is 25.8 Å². The van der Waals surface area contributed by atoms with Crippen LogP contribution in [0.1, 0.15) is 6.92 Å². The predicted octanol–water partition coefficient (Wildman–Crippen LogP) is 2.75. The van der Waals surface area contributed by atoms with E-state index in [9.17, 15) is 8.42 Å². The first-order valence-corrected chi connectivity index (χ1v) is 8.61. The quantitative estimate of drug-likeness (QED) is 0.839. The van der Waals surface area contributed by atoms with Crippen LogP contribution >= 0.6 is 15.9 Å². The van der Waals surface area contributed by atoms with Crippen molar-refractivity contribution in [1.82, 2.24) is 9.78 Å². The third kappa shape index (κ3) is 3.67. The van der Waals surface area contributed by atoms with Gasteiger partial charge in [-0.3, -0.25) is 4.68 Å². The van der Waals surface area contributed by atoms with Gasteiger partial charge in [-0.1, -0.05) is 41.1 Å². The van der Waals surface area contributed by atoms with Crippen LogP contribution in [0, 0.1) is 0 Å². The van der Waals surface area contributed by atoms with Gasteiger partial charge in [0.1, 0.15) is 0 Å². The molecule has 102 valence electrons. The van der Waals surface area contributed by atoms with E-state index in [4.69, 9.17) is 0 Å². The van der Waals surface area contributed by atoms with E-state index in [1.165, 1.54) is 0 Å². The molecule has 0 bridgehead atoms. The van der Waals surface area contributed by atoms with Crippen LogP contribution in [-0.4, -0.2) is 29.7 Å². The van der Waals surface area contributed by atoms with Crippen molar-refractivity contribution in [1.29, 1.82) is 0 Å². The number of sulfone groups is 1. The largest absolute Gasteiger partial charge is 0.271 e. The molecule has 0 aliphatic rings. The molecule has 1 aromatic carbocycles. The van der Waals surface area contributed by atoms with Gasteiger partial charge in [-0.15, -0.1) is 0 Å². The highest BCUT2D eigenvalue weighted by molar-refractivity contribution is 9.10. The fraction of sp³-hybridized carbons (Fsp3) is 0.308. The molecule has 0 spiro atoms. The second-order valence-corrected chi connectivity index (χ2v) is 7.54. The number of aryl methyl sites for hydroxylation is 1. The zero-order valence-corrected chi connectivity index (χ0v) is 13.0. The lowest BCUT2D eigenvalue weighted by atomic mass is 10.1. The number of hydrogen-bond acceptors (Lipinski definition) is 3. The number of rotatable bonds is 5. The van der Waals surface area contributed by atoms with E-state index in [1.807, 2.05) is 30.5 Å². The van der Waals surface area contributed by atoms with E-state index in [0.29, 0.717) is 6.54 Å². The SMILES string of the molecule is CCS(=O)(=O)CCn1cc(-c2ccccc2Br)cn1. The Hall–Kier alpha value is -1.14. The zero-order valence-electron chi connectivity index (χ0n) is 10.6. The fourth-order valence-electron chi connectivity index (χ4n) is 1.70. The van der Waals surface area contributed by atoms with Gasteiger partial charge in [-0.05, 0) is 11.6 Å². The first-order chi connectivity index (χ1) is 9.02. The molecule has 0 aliphatic heterocycles. The van der Waals surface area contributed by atoms with E-state index in [1.54, 1.807) is 17.8 Å². The third-order valence-electron chi connectivity index (χ3n) is 2.89. The summed E-state index contributed by atoms with van der Waals surface area (Å²) in [4.78, 5) is 0. The van der Waals surface area contributed by atoms with Crippen molar-refractivity contribution in [3.05, 3.63) is 41.1 Å². The minimum atomic E-state index is -2.95. The molecule has 0 saturated heterocycles. The second-order valence-electron chi connectivity index (χ2n) is 4.21. The first-order valence-electron chi connectivity index (χ1n) is 5.99. The molecule has 1 heterocycles. The van der Waals surface area contributed by atoms with Crippen molar-refractivity contribution in [3.8, 4) is 11.1 Å². The molecular formula is C13H15BrN2O2S. The molecule has 0 amide bonds. The Bertz CT molecular complexity index is 665. The highest BCUT2D eigenvalue weighted by Crippen LogP contribution is 2.27. The molecule has 0 fully saturated rings. The molecule has 19 heavy (non-hydrogen) atoms. The number of aromatic nitrogens is 2. The molecular weight excluding hydrogens is 328 g/mol. The summed E-state index contributed by atoms with van der Waals surface area (Å²) in [5.74, 6) is 0.298. The molecule has 0 unspecified atom stereocenters. The maximum Gasteiger partial charge on any atom is 0.151 e. The number of hydrogen-bond donors (Lipinski definition) is 0. The van der Waals surface area contributed by atoms with Crippen molar-refractivity contribution < 1.29 is 8.42 Å². The van der Waals surface area contributed by atoms with Crippen LogP contribution in [0.25, 0.3) is 11.1 Å². The Labute approximate surface area is 121 Å². The molecule has 2 rings (SSSR count). The molecule has 6 heteroatoms. The molecule has 0 N–H and O–H groups in total. The highest BCUT2D eigenvalue weighted by Gasteiger charge is 2.09.